The van der Waals surface area contributed by atoms with E-state index in [0.29, 0.717) is 22.1 Å². The van der Waals surface area contributed by atoms with Crippen LogP contribution in [0.15, 0.2) is 82.6 Å². The van der Waals surface area contributed by atoms with Crippen molar-refractivity contribution in [2.24, 2.45) is 0 Å². The van der Waals surface area contributed by atoms with Crippen LogP contribution in [0, 0.1) is 0 Å². The van der Waals surface area contributed by atoms with Crippen LogP contribution in [-0.2, 0) is 20.2 Å². The molecule has 1 aliphatic rings. The van der Waals surface area contributed by atoms with Gasteiger partial charge in [-0.05, 0) is 76.8 Å². The fourth-order valence-corrected chi connectivity index (χ4v) is 5.22. The molecule has 7 nitrogen and oxygen atoms in total. The largest absolute Gasteiger partial charge is 0.457 e. The number of hydrogen-bond donors (Lipinski definition) is 2. The molecule has 0 aromatic heterocycles. The summed E-state index contributed by atoms with van der Waals surface area (Å²) in [6.07, 6.45) is 1.62. The Morgan fingerprint density at radius 1 is 0.886 bits per heavy atom. The lowest BCUT2D eigenvalue weighted by molar-refractivity contribution is -0.115. The van der Waals surface area contributed by atoms with Crippen molar-refractivity contribution in [1.82, 2.24) is 5.32 Å². The molecule has 3 aromatic carbocycles. The minimum Gasteiger partial charge on any atom is -0.457 e. The number of ether oxygens (including phenoxy) is 1. The van der Waals surface area contributed by atoms with E-state index < -0.39 is 15.9 Å². The number of rotatable bonds is 6. The molecule has 1 heterocycles. The zero-order chi connectivity index (χ0) is 25.2. The standard InChI is InChI=1S/C26H24N2O5S2/c1-26(2,3)21-6-4-5-7-22(21)28-35(31,32)20-14-12-19(13-15-20)33-18-10-8-17(9-11-18)16-23-24(29)27-25(30)34-23/h4-16,28H,1-3H3,(H,27,29,30). The van der Waals surface area contributed by atoms with Gasteiger partial charge in [-0.15, -0.1) is 0 Å². The summed E-state index contributed by atoms with van der Waals surface area (Å²) in [6, 6.07) is 20.5. The van der Waals surface area contributed by atoms with Crippen LogP contribution in [0.1, 0.15) is 31.9 Å². The lowest BCUT2D eigenvalue weighted by Gasteiger charge is -2.23. The third kappa shape index (κ3) is 5.93. The van der Waals surface area contributed by atoms with Gasteiger partial charge in [0.25, 0.3) is 21.2 Å². The predicted octanol–water partition coefficient (Wildman–Crippen LogP) is 5.90. The molecule has 2 amide bonds. The zero-order valence-electron chi connectivity index (χ0n) is 19.4. The van der Waals surface area contributed by atoms with Crippen LogP contribution in [-0.4, -0.2) is 19.6 Å². The molecule has 0 saturated carbocycles. The minimum absolute atomic E-state index is 0.123. The Hall–Kier alpha value is -3.56. The van der Waals surface area contributed by atoms with Crippen molar-refractivity contribution in [3.8, 4) is 11.5 Å². The Labute approximate surface area is 208 Å². The number of sulfonamides is 1. The Morgan fingerprint density at radius 3 is 2.06 bits per heavy atom. The van der Waals surface area contributed by atoms with Crippen molar-refractivity contribution in [3.05, 3.63) is 88.8 Å². The first-order valence-corrected chi connectivity index (χ1v) is 13.1. The van der Waals surface area contributed by atoms with Crippen molar-refractivity contribution in [2.45, 2.75) is 31.1 Å². The molecule has 0 spiro atoms. The molecule has 35 heavy (non-hydrogen) atoms. The summed E-state index contributed by atoms with van der Waals surface area (Å²) in [5.74, 6) is 0.604. The van der Waals surface area contributed by atoms with E-state index in [-0.39, 0.29) is 15.5 Å². The summed E-state index contributed by atoms with van der Waals surface area (Å²) >= 11 is 0.857. The van der Waals surface area contributed by atoms with E-state index in [4.69, 9.17) is 4.74 Å². The number of nitrogens with one attached hydrogen (secondary N) is 2. The molecule has 2 N–H and O–H groups in total. The number of amides is 2. The van der Waals surface area contributed by atoms with Gasteiger partial charge < -0.3 is 4.74 Å². The van der Waals surface area contributed by atoms with Crippen LogP contribution in [0.3, 0.4) is 0 Å². The van der Waals surface area contributed by atoms with E-state index >= 15 is 0 Å². The number of benzene rings is 3. The third-order valence-electron chi connectivity index (χ3n) is 5.17. The quantitative estimate of drug-likeness (QED) is 0.402. The van der Waals surface area contributed by atoms with E-state index in [0.717, 1.165) is 22.9 Å². The van der Waals surface area contributed by atoms with Crippen molar-refractivity contribution < 1.29 is 22.7 Å². The van der Waals surface area contributed by atoms with Gasteiger partial charge in [-0.1, -0.05) is 51.1 Å². The van der Waals surface area contributed by atoms with Crippen molar-refractivity contribution in [1.29, 1.82) is 0 Å². The van der Waals surface area contributed by atoms with Gasteiger partial charge in [0.05, 0.1) is 15.5 Å². The maximum Gasteiger partial charge on any atom is 0.290 e. The highest BCUT2D eigenvalue weighted by molar-refractivity contribution is 8.18. The summed E-state index contributed by atoms with van der Waals surface area (Å²) in [5, 5.41) is 1.83. The Kier molecular flexibility index (Phi) is 6.73. The van der Waals surface area contributed by atoms with Crippen molar-refractivity contribution >= 4 is 44.7 Å². The molecule has 0 unspecified atom stereocenters. The predicted molar refractivity (Wildman–Crippen MR) is 138 cm³/mol. The average Bonchev–Trinajstić information content (AvgIpc) is 3.11. The maximum atomic E-state index is 13.0. The summed E-state index contributed by atoms with van der Waals surface area (Å²) in [6.45, 7) is 6.09. The van der Waals surface area contributed by atoms with Gasteiger partial charge in [-0.3, -0.25) is 19.6 Å². The number of carbonyl (C=O) groups excluding carboxylic acids is 2. The third-order valence-corrected chi connectivity index (χ3v) is 7.36. The van der Waals surface area contributed by atoms with E-state index in [2.05, 4.69) is 10.0 Å². The highest BCUT2D eigenvalue weighted by atomic mass is 32.2. The molecule has 1 aliphatic heterocycles. The summed E-state index contributed by atoms with van der Waals surface area (Å²) < 4.78 is 34.4. The molecule has 9 heteroatoms. The Bertz CT molecular complexity index is 1410. The average molecular weight is 509 g/mol. The lowest BCUT2D eigenvalue weighted by atomic mass is 9.86. The molecule has 180 valence electrons. The van der Waals surface area contributed by atoms with E-state index in [1.165, 1.54) is 12.1 Å². The SMILES string of the molecule is CC(C)(C)c1ccccc1NS(=O)(=O)c1ccc(Oc2ccc(C=C3SC(=O)NC3=O)cc2)cc1. The van der Waals surface area contributed by atoms with Gasteiger partial charge >= 0.3 is 0 Å². The smallest absolute Gasteiger partial charge is 0.290 e. The number of anilines is 1. The topological polar surface area (TPSA) is 102 Å². The molecular formula is C26H24N2O5S2. The molecule has 1 fully saturated rings. The first-order chi connectivity index (χ1) is 16.5. The number of imide groups is 1. The first-order valence-electron chi connectivity index (χ1n) is 10.8. The Balaban J connectivity index is 1.45. The first kappa shape index (κ1) is 24.6. The molecule has 0 bridgehead atoms. The Morgan fingerprint density at radius 2 is 1.49 bits per heavy atom. The normalized spacial score (nSPS) is 15.2. The highest BCUT2D eigenvalue weighted by Crippen LogP contribution is 2.31. The molecule has 0 atom stereocenters. The van der Waals surface area contributed by atoms with Gasteiger partial charge in [-0.2, -0.15) is 0 Å². The number of thioether (sulfide) groups is 1. The number of carbonyl (C=O) groups is 2. The molecule has 0 aliphatic carbocycles. The second-order valence-electron chi connectivity index (χ2n) is 8.90. The van der Waals surface area contributed by atoms with E-state index in [1.54, 1.807) is 54.6 Å². The van der Waals surface area contributed by atoms with Crippen LogP contribution in [0.25, 0.3) is 6.08 Å². The minimum atomic E-state index is -3.78. The van der Waals surface area contributed by atoms with Crippen molar-refractivity contribution in [3.63, 3.8) is 0 Å². The fourth-order valence-electron chi connectivity index (χ4n) is 3.46. The second kappa shape index (κ2) is 9.59. The summed E-state index contributed by atoms with van der Waals surface area (Å²) in [5.41, 5.74) is 1.98. The fraction of sp³-hybridized carbons (Fsp3) is 0.154. The van der Waals surface area contributed by atoms with E-state index in [9.17, 15) is 18.0 Å². The van der Waals surface area contributed by atoms with Crippen LogP contribution in [0.2, 0.25) is 0 Å². The van der Waals surface area contributed by atoms with Crippen molar-refractivity contribution in [2.75, 3.05) is 4.72 Å². The maximum absolute atomic E-state index is 13.0. The van der Waals surface area contributed by atoms with Crippen LogP contribution in [0.5, 0.6) is 11.5 Å². The molecular weight excluding hydrogens is 484 g/mol. The van der Waals surface area contributed by atoms with Gasteiger partial charge in [0, 0.05) is 0 Å². The van der Waals surface area contributed by atoms with Gasteiger partial charge in [-0.25, -0.2) is 8.42 Å². The summed E-state index contributed by atoms with van der Waals surface area (Å²) in [7, 11) is -3.78. The van der Waals surface area contributed by atoms with Crippen LogP contribution < -0.4 is 14.8 Å². The molecule has 4 rings (SSSR count). The second-order valence-corrected chi connectivity index (χ2v) is 11.6. The lowest BCUT2D eigenvalue weighted by Crippen LogP contribution is -2.19. The van der Waals surface area contributed by atoms with E-state index in [1.807, 2.05) is 32.9 Å². The van der Waals surface area contributed by atoms with Gasteiger partial charge in [0.15, 0.2) is 0 Å². The van der Waals surface area contributed by atoms with Gasteiger partial charge in [0.2, 0.25) is 0 Å². The summed E-state index contributed by atoms with van der Waals surface area (Å²) in [4.78, 5) is 23.4. The highest BCUT2D eigenvalue weighted by Gasteiger charge is 2.25. The number of hydrogen-bond acceptors (Lipinski definition) is 6. The molecule has 1 saturated heterocycles. The monoisotopic (exact) mass is 508 g/mol. The van der Waals surface area contributed by atoms with Crippen LogP contribution in [0.4, 0.5) is 10.5 Å². The van der Waals surface area contributed by atoms with Gasteiger partial charge in [0.1, 0.15) is 11.5 Å². The zero-order valence-corrected chi connectivity index (χ0v) is 21.0. The number of para-hydroxylation sites is 1. The molecule has 0 radical (unpaired) electrons. The molecule has 3 aromatic rings. The van der Waals surface area contributed by atoms with Crippen LogP contribution >= 0.6 is 11.8 Å².